The summed E-state index contributed by atoms with van der Waals surface area (Å²) in [5, 5.41) is 2.99. The first-order valence-corrected chi connectivity index (χ1v) is 11.3. The van der Waals surface area contributed by atoms with Gasteiger partial charge in [-0.1, -0.05) is 31.0 Å². The van der Waals surface area contributed by atoms with Gasteiger partial charge in [0.25, 0.3) is 5.91 Å². The molecular formula is C23H28N2O2S. The molecular weight excluding hydrogens is 368 g/mol. The van der Waals surface area contributed by atoms with Crippen molar-refractivity contribution in [2.75, 3.05) is 18.4 Å². The maximum absolute atomic E-state index is 13.0. The third kappa shape index (κ3) is 4.46. The predicted molar refractivity (Wildman–Crippen MR) is 114 cm³/mol. The largest absolute Gasteiger partial charge is 0.338 e. The summed E-state index contributed by atoms with van der Waals surface area (Å²) in [5.74, 6) is 0.198. The number of para-hydroxylation sites is 1. The molecule has 1 fully saturated rings. The molecule has 0 radical (unpaired) electrons. The summed E-state index contributed by atoms with van der Waals surface area (Å²) < 4.78 is 0. The van der Waals surface area contributed by atoms with Gasteiger partial charge in [0.05, 0.1) is 4.88 Å². The van der Waals surface area contributed by atoms with Gasteiger partial charge in [-0.15, -0.1) is 11.3 Å². The van der Waals surface area contributed by atoms with Crippen LogP contribution >= 0.6 is 11.3 Å². The Kier molecular flexibility index (Phi) is 6.10. The number of aryl methyl sites for hydroxylation is 2. The van der Waals surface area contributed by atoms with E-state index < -0.39 is 0 Å². The molecule has 0 atom stereocenters. The lowest BCUT2D eigenvalue weighted by atomic mass is 9.95. The molecule has 0 saturated carbocycles. The fraction of sp³-hybridized carbons (Fsp3) is 0.478. The number of hydrogen-bond donors (Lipinski definition) is 1. The maximum atomic E-state index is 13.0. The zero-order valence-corrected chi connectivity index (χ0v) is 17.1. The number of rotatable bonds is 3. The molecule has 0 bridgehead atoms. The molecule has 1 aliphatic heterocycles. The van der Waals surface area contributed by atoms with Crippen molar-refractivity contribution in [1.82, 2.24) is 4.90 Å². The van der Waals surface area contributed by atoms with E-state index in [0.29, 0.717) is 13.1 Å². The van der Waals surface area contributed by atoms with Gasteiger partial charge in [-0.2, -0.15) is 0 Å². The van der Waals surface area contributed by atoms with Crippen LogP contribution in [0.3, 0.4) is 0 Å². The minimum atomic E-state index is -0.0205. The van der Waals surface area contributed by atoms with Crippen LogP contribution in [0, 0.1) is 5.92 Å². The van der Waals surface area contributed by atoms with Crippen LogP contribution < -0.4 is 5.32 Å². The molecule has 1 aromatic heterocycles. The average molecular weight is 397 g/mol. The molecule has 1 saturated heterocycles. The van der Waals surface area contributed by atoms with E-state index in [1.165, 1.54) is 36.1 Å². The number of anilines is 1. The van der Waals surface area contributed by atoms with Gasteiger partial charge in [0.15, 0.2) is 0 Å². The number of amides is 2. The summed E-state index contributed by atoms with van der Waals surface area (Å²) in [6, 6.07) is 11.7. The van der Waals surface area contributed by atoms with E-state index in [1.807, 2.05) is 35.2 Å². The molecule has 4 nitrogen and oxygen atoms in total. The number of nitrogens with zero attached hydrogens (tertiary/aromatic N) is 1. The maximum Gasteiger partial charge on any atom is 0.263 e. The van der Waals surface area contributed by atoms with Crippen molar-refractivity contribution in [3.05, 3.63) is 51.7 Å². The smallest absolute Gasteiger partial charge is 0.263 e. The normalized spacial score (nSPS) is 18.1. The van der Waals surface area contributed by atoms with Crippen LogP contribution in [0.2, 0.25) is 0 Å². The highest BCUT2D eigenvalue weighted by atomic mass is 32.1. The lowest BCUT2D eigenvalue weighted by molar-refractivity contribution is -0.121. The Morgan fingerprint density at radius 3 is 2.43 bits per heavy atom. The van der Waals surface area contributed by atoms with E-state index >= 15 is 0 Å². The first-order valence-electron chi connectivity index (χ1n) is 10.5. The standard InChI is InChI=1S/C23H28N2O2S/c26-22(24-19-9-5-3-6-10-19)17-12-14-25(15-13-17)23(27)21-16-18-8-4-1-2-7-11-20(18)28-21/h3,5-6,9-10,16-17H,1-2,4,7-8,11-15H2,(H,24,26). The van der Waals surface area contributed by atoms with Gasteiger partial charge in [-0.3, -0.25) is 9.59 Å². The molecule has 1 aliphatic carbocycles. The topological polar surface area (TPSA) is 49.4 Å². The Hall–Kier alpha value is -2.14. The number of piperidine rings is 1. The van der Waals surface area contributed by atoms with E-state index in [1.54, 1.807) is 11.3 Å². The lowest BCUT2D eigenvalue weighted by Gasteiger charge is -2.31. The van der Waals surface area contributed by atoms with Crippen LogP contribution in [0.15, 0.2) is 36.4 Å². The second kappa shape index (κ2) is 8.91. The molecule has 2 aromatic rings. The first-order chi connectivity index (χ1) is 13.7. The average Bonchev–Trinajstić information content (AvgIpc) is 3.10. The molecule has 2 heterocycles. The van der Waals surface area contributed by atoms with Gasteiger partial charge < -0.3 is 10.2 Å². The third-order valence-electron chi connectivity index (χ3n) is 5.90. The number of benzene rings is 1. The summed E-state index contributed by atoms with van der Waals surface area (Å²) >= 11 is 1.70. The summed E-state index contributed by atoms with van der Waals surface area (Å²) in [7, 11) is 0. The van der Waals surface area contributed by atoms with E-state index in [0.717, 1.165) is 36.2 Å². The van der Waals surface area contributed by atoms with Crippen LogP contribution in [0.1, 0.15) is 58.6 Å². The number of nitrogens with one attached hydrogen (secondary N) is 1. The fourth-order valence-corrected chi connectivity index (χ4v) is 5.44. The predicted octanol–water partition coefficient (Wildman–Crippen LogP) is 4.90. The molecule has 148 valence electrons. The van der Waals surface area contributed by atoms with E-state index in [2.05, 4.69) is 11.4 Å². The number of carbonyl (C=O) groups is 2. The van der Waals surface area contributed by atoms with Crippen molar-refractivity contribution in [2.24, 2.45) is 5.92 Å². The van der Waals surface area contributed by atoms with Crippen LogP contribution in [-0.4, -0.2) is 29.8 Å². The monoisotopic (exact) mass is 396 g/mol. The second-order valence-corrected chi connectivity index (χ2v) is 9.03. The molecule has 28 heavy (non-hydrogen) atoms. The Morgan fingerprint density at radius 1 is 0.964 bits per heavy atom. The fourth-order valence-electron chi connectivity index (χ4n) is 4.22. The van der Waals surface area contributed by atoms with Crippen molar-refractivity contribution in [1.29, 1.82) is 0 Å². The second-order valence-electron chi connectivity index (χ2n) is 7.90. The van der Waals surface area contributed by atoms with Gasteiger partial charge in [0.2, 0.25) is 5.91 Å². The number of fused-ring (bicyclic) bond motifs is 1. The summed E-state index contributed by atoms with van der Waals surface area (Å²) in [4.78, 5) is 29.7. The Labute approximate surface area is 170 Å². The molecule has 1 aromatic carbocycles. The summed E-state index contributed by atoms with van der Waals surface area (Å²) in [5.41, 5.74) is 2.23. The number of hydrogen-bond acceptors (Lipinski definition) is 3. The quantitative estimate of drug-likeness (QED) is 0.802. The zero-order chi connectivity index (χ0) is 19.3. The molecule has 4 rings (SSSR count). The van der Waals surface area contributed by atoms with Gasteiger partial charge in [-0.05, 0) is 62.3 Å². The highest BCUT2D eigenvalue weighted by Gasteiger charge is 2.29. The van der Waals surface area contributed by atoms with E-state index in [4.69, 9.17) is 0 Å². The Bertz CT molecular complexity index is 797. The van der Waals surface area contributed by atoms with Crippen molar-refractivity contribution >= 4 is 28.8 Å². The van der Waals surface area contributed by atoms with Crippen molar-refractivity contribution < 1.29 is 9.59 Å². The van der Waals surface area contributed by atoms with E-state index in [9.17, 15) is 9.59 Å². The number of thiophene rings is 1. The minimum absolute atomic E-state index is 0.0205. The SMILES string of the molecule is O=C(Nc1ccccc1)C1CCN(C(=O)c2cc3c(s2)CCCCCC3)CC1. The first kappa shape index (κ1) is 19.2. The molecule has 5 heteroatoms. The van der Waals surface area contributed by atoms with Gasteiger partial charge in [-0.25, -0.2) is 0 Å². The molecule has 2 aliphatic rings. The molecule has 2 amide bonds. The minimum Gasteiger partial charge on any atom is -0.338 e. The summed E-state index contributed by atoms with van der Waals surface area (Å²) in [6.07, 6.45) is 8.78. The van der Waals surface area contributed by atoms with Gasteiger partial charge in [0, 0.05) is 29.6 Å². The van der Waals surface area contributed by atoms with Crippen LogP contribution in [0.25, 0.3) is 0 Å². The lowest BCUT2D eigenvalue weighted by Crippen LogP contribution is -2.41. The molecule has 1 N–H and O–H groups in total. The third-order valence-corrected chi connectivity index (χ3v) is 7.13. The van der Waals surface area contributed by atoms with E-state index in [-0.39, 0.29) is 17.7 Å². The highest BCUT2D eigenvalue weighted by Crippen LogP contribution is 2.30. The van der Waals surface area contributed by atoms with Gasteiger partial charge in [0.1, 0.15) is 0 Å². The van der Waals surface area contributed by atoms with Crippen molar-refractivity contribution in [3.63, 3.8) is 0 Å². The number of likely N-dealkylation sites (tertiary alicyclic amines) is 1. The van der Waals surface area contributed by atoms with Crippen molar-refractivity contribution in [3.8, 4) is 0 Å². The summed E-state index contributed by atoms with van der Waals surface area (Å²) in [6.45, 7) is 1.32. The van der Waals surface area contributed by atoms with Gasteiger partial charge >= 0.3 is 0 Å². The Balaban J connectivity index is 1.34. The Morgan fingerprint density at radius 2 is 1.68 bits per heavy atom. The molecule has 0 unspecified atom stereocenters. The van der Waals surface area contributed by atoms with Crippen LogP contribution in [0.5, 0.6) is 0 Å². The van der Waals surface area contributed by atoms with Crippen molar-refractivity contribution in [2.45, 2.75) is 51.4 Å². The molecule has 0 spiro atoms. The number of carbonyl (C=O) groups excluding carboxylic acids is 2. The zero-order valence-electron chi connectivity index (χ0n) is 16.3. The highest BCUT2D eigenvalue weighted by molar-refractivity contribution is 7.14. The van der Waals surface area contributed by atoms with Crippen LogP contribution in [0.4, 0.5) is 5.69 Å². The van der Waals surface area contributed by atoms with Crippen LogP contribution in [-0.2, 0) is 17.6 Å².